The molecule has 0 aromatic heterocycles. The van der Waals surface area contributed by atoms with Gasteiger partial charge in [-0.05, 0) is 50.7 Å². The minimum atomic E-state index is -0.665. The highest BCUT2D eigenvalue weighted by atomic mass is 35.5. The van der Waals surface area contributed by atoms with Gasteiger partial charge in [0.15, 0.2) is 10.8 Å². The van der Waals surface area contributed by atoms with Gasteiger partial charge in [0, 0.05) is 40.4 Å². The molecule has 2 aromatic carbocycles. The summed E-state index contributed by atoms with van der Waals surface area (Å²) >= 11 is 12.0. The maximum Gasteiger partial charge on any atom is 0.185 e. The molecule has 2 aliphatic heterocycles. The first-order valence-corrected chi connectivity index (χ1v) is 9.85. The van der Waals surface area contributed by atoms with E-state index in [1.807, 2.05) is 31.2 Å². The van der Waals surface area contributed by atoms with E-state index in [0.717, 1.165) is 28.1 Å². The predicted molar refractivity (Wildman–Crippen MR) is 112 cm³/mol. The van der Waals surface area contributed by atoms with Crippen molar-refractivity contribution in [2.75, 3.05) is 0 Å². The molecule has 0 aliphatic carbocycles. The zero-order valence-corrected chi connectivity index (χ0v) is 17.2. The number of phenolic OH excluding ortho intramolecular Hbond substituents is 1. The maximum atomic E-state index is 10.3. The lowest BCUT2D eigenvalue weighted by atomic mass is 9.76. The fourth-order valence-electron chi connectivity index (χ4n) is 4.36. The molecule has 27 heavy (non-hydrogen) atoms. The van der Waals surface area contributed by atoms with Gasteiger partial charge in [0.2, 0.25) is 0 Å². The Morgan fingerprint density at radius 1 is 1.15 bits per heavy atom. The van der Waals surface area contributed by atoms with Crippen LogP contribution in [0.15, 0.2) is 36.4 Å². The minimum Gasteiger partial charge on any atom is -0.508 e. The van der Waals surface area contributed by atoms with E-state index < -0.39 is 5.72 Å². The van der Waals surface area contributed by atoms with Gasteiger partial charge in [0.25, 0.3) is 0 Å². The lowest BCUT2D eigenvalue weighted by Crippen LogP contribution is -2.69. The average molecular weight is 403 g/mol. The monoisotopic (exact) mass is 402 g/mol. The van der Waals surface area contributed by atoms with Crippen molar-refractivity contribution < 1.29 is 9.84 Å². The van der Waals surface area contributed by atoms with Crippen LogP contribution in [0.3, 0.4) is 0 Å². The van der Waals surface area contributed by atoms with Gasteiger partial charge in [-0.1, -0.05) is 35.9 Å². The third-order valence-electron chi connectivity index (χ3n) is 5.42. The summed E-state index contributed by atoms with van der Waals surface area (Å²) in [6, 6.07) is 11.6. The van der Waals surface area contributed by atoms with Crippen LogP contribution in [0, 0.1) is 6.92 Å². The van der Waals surface area contributed by atoms with Gasteiger partial charge in [-0.2, -0.15) is 0 Å². The number of hydrogen-bond donors (Lipinski definition) is 3. The molecule has 2 aromatic rings. The van der Waals surface area contributed by atoms with Crippen molar-refractivity contribution in [3.8, 4) is 11.5 Å². The molecule has 4 nitrogen and oxygen atoms in total. The molecule has 2 aliphatic rings. The molecule has 4 rings (SSSR count). The molecule has 1 fully saturated rings. The zero-order valence-electron chi connectivity index (χ0n) is 15.6. The smallest absolute Gasteiger partial charge is 0.185 e. The van der Waals surface area contributed by atoms with Crippen molar-refractivity contribution in [1.29, 1.82) is 0 Å². The summed E-state index contributed by atoms with van der Waals surface area (Å²) in [4.78, 5) is 0. The van der Waals surface area contributed by atoms with Crippen LogP contribution in [0.5, 0.6) is 11.5 Å². The van der Waals surface area contributed by atoms with E-state index in [-0.39, 0.29) is 17.2 Å². The highest BCUT2D eigenvalue weighted by Gasteiger charge is 2.49. The molecule has 0 saturated carbocycles. The second-order valence-electron chi connectivity index (χ2n) is 8.14. The van der Waals surface area contributed by atoms with Gasteiger partial charge in [0.05, 0.1) is 0 Å². The molecule has 1 spiro atoms. The number of hydrogen-bond acceptors (Lipinski definition) is 3. The van der Waals surface area contributed by atoms with Crippen LogP contribution in [-0.4, -0.2) is 21.5 Å². The lowest BCUT2D eigenvalue weighted by molar-refractivity contribution is -0.0134. The third kappa shape index (κ3) is 3.23. The fraction of sp³-hybridized carbons (Fsp3) is 0.381. The van der Waals surface area contributed by atoms with Crippen LogP contribution in [0.4, 0.5) is 0 Å². The number of aromatic hydroxyl groups is 1. The van der Waals surface area contributed by atoms with Gasteiger partial charge < -0.3 is 20.5 Å². The molecule has 6 heteroatoms. The quantitative estimate of drug-likeness (QED) is 0.608. The molecule has 0 bridgehead atoms. The summed E-state index contributed by atoms with van der Waals surface area (Å²) in [6.45, 7) is 6.10. The largest absolute Gasteiger partial charge is 0.508 e. The van der Waals surface area contributed by atoms with Gasteiger partial charge in [0.1, 0.15) is 11.5 Å². The third-order valence-corrected chi connectivity index (χ3v) is 5.96. The highest BCUT2D eigenvalue weighted by molar-refractivity contribution is 7.80. The zero-order chi connectivity index (χ0) is 19.4. The summed E-state index contributed by atoms with van der Waals surface area (Å²) in [6.07, 6.45) is 1.41. The number of phenols is 1. The van der Waals surface area contributed by atoms with Crippen LogP contribution in [0.2, 0.25) is 5.02 Å². The van der Waals surface area contributed by atoms with E-state index in [9.17, 15) is 5.11 Å². The van der Waals surface area contributed by atoms with Crippen LogP contribution in [-0.2, 0) is 0 Å². The summed E-state index contributed by atoms with van der Waals surface area (Å²) in [5, 5.41) is 18.2. The number of thiocarbonyl (C=S) groups is 1. The van der Waals surface area contributed by atoms with Crippen molar-refractivity contribution in [3.63, 3.8) is 0 Å². The van der Waals surface area contributed by atoms with E-state index in [2.05, 4.69) is 30.5 Å². The van der Waals surface area contributed by atoms with E-state index in [4.69, 9.17) is 28.6 Å². The summed E-state index contributed by atoms with van der Waals surface area (Å²) < 4.78 is 6.53. The first-order valence-electron chi connectivity index (χ1n) is 9.06. The van der Waals surface area contributed by atoms with Gasteiger partial charge >= 0.3 is 0 Å². The minimum absolute atomic E-state index is 0.0333. The second kappa shape index (κ2) is 6.28. The summed E-state index contributed by atoms with van der Waals surface area (Å²) in [7, 11) is 0. The first kappa shape index (κ1) is 18.4. The van der Waals surface area contributed by atoms with Gasteiger partial charge in [-0.3, -0.25) is 0 Å². The molecule has 1 saturated heterocycles. The van der Waals surface area contributed by atoms with E-state index in [1.54, 1.807) is 6.07 Å². The molecule has 3 N–H and O–H groups in total. The molecule has 2 heterocycles. The van der Waals surface area contributed by atoms with Crippen molar-refractivity contribution in [3.05, 3.63) is 58.1 Å². The van der Waals surface area contributed by atoms with Crippen LogP contribution in [0.25, 0.3) is 0 Å². The normalized spacial score (nSPS) is 25.9. The first-order chi connectivity index (χ1) is 12.7. The maximum absolute atomic E-state index is 10.3. The number of nitrogens with one attached hydrogen (secondary N) is 2. The summed E-state index contributed by atoms with van der Waals surface area (Å²) in [5.41, 5.74) is 1.94. The molecule has 0 unspecified atom stereocenters. The van der Waals surface area contributed by atoms with E-state index >= 15 is 0 Å². The van der Waals surface area contributed by atoms with Crippen molar-refractivity contribution in [2.45, 2.75) is 50.8 Å². The van der Waals surface area contributed by atoms with Crippen LogP contribution in [0.1, 0.15) is 49.3 Å². The SMILES string of the molecule is Cc1c(O)ccc2c1O[C@]1(C[C@@H]2c2ccccc2Cl)CC(C)(C)NC(=S)N1. The highest BCUT2D eigenvalue weighted by Crippen LogP contribution is 2.50. The Hall–Kier alpha value is -1.98. The van der Waals surface area contributed by atoms with Crippen molar-refractivity contribution in [2.24, 2.45) is 0 Å². The number of fused-ring (bicyclic) bond motifs is 1. The molecular weight excluding hydrogens is 380 g/mol. The van der Waals surface area contributed by atoms with Crippen LogP contribution < -0.4 is 15.4 Å². The summed E-state index contributed by atoms with van der Waals surface area (Å²) in [5.74, 6) is 0.963. The Bertz CT molecular complexity index is 930. The van der Waals surface area contributed by atoms with Crippen molar-refractivity contribution in [1.82, 2.24) is 10.6 Å². The van der Waals surface area contributed by atoms with Crippen molar-refractivity contribution >= 4 is 28.9 Å². The lowest BCUT2D eigenvalue weighted by Gasteiger charge is -2.51. The Balaban J connectivity index is 1.89. The molecular formula is C21H23ClN2O2S. The number of benzene rings is 2. The molecule has 0 amide bonds. The number of ether oxygens (including phenoxy) is 1. The Morgan fingerprint density at radius 2 is 1.89 bits per heavy atom. The topological polar surface area (TPSA) is 53.5 Å². The van der Waals surface area contributed by atoms with Crippen LogP contribution >= 0.6 is 23.8 Å². The fourth-order valence-corrected chi connectivity index (χ4v) is 5.09. The Labute approximate surface area is 169 Å². The Kier molecular flexibility index (Phi) is 4.28. The number of rotatable bonds is 1. The Morgan fingerprint density at radius 3 is 2.59 bits per heavy atom. The standard InChI is InChI=1S/C21H23ClN2O2S/c1-12-17(25)9-8-14-15(13-6-4-5-7-16(13)22)10-21(26-18(12)14)11-20(2,3)23-19(27)24-21/h4-9,15,25H,10-11H2,1-3H3,(H2,23,24,27)/t15-,21-/m1/s1. The molecule has 142 valence electrons. The second-order valence-corrected chi connectivity index (χ2v) is 8.96. The molecule has 0 radical (unpaired) electrons. The predicted octanol–water partition coefficient (Wildman–Crippen LogP) is 4.61. The van der Waals surface area contributed by atoms with Gasteiger partial charge in [-0.15, -0.1) is 0 Å². The van der Waals surface area contributed by atoms with E-state index in [0.29, 0.717) is 17.3 Å². The van der Waals surface area contributed by atoms with Gasteiger partial charge in [-0.25, -0.2) is 0 Å². The van der Waals surface area contributed by atoms with E-state index in [1.165, 1.54) is 0 Å². The molecule has 2 atom stereocenters. The number of halogens is 1. The average Bonchev–Trinajstić information content (AvgIpc) is 2.56.